The first-order chi connectivity index (χ1) is 13.4. The van der Waals surface area contributed by atoms with Crippen molar-refractivity contribution in [3.05, 3.63) is 0 Å². The molecule has 0 aromatic carbocycles. The Morgan fingerprint density at radius 2 is 0.889 bits per heavy atom. The first-order valence-corrected chi connectivity index (χ1v) is 11.0. The molecule has 10 unspecified atom stereocenters. The summed E-state index contributed by atoms with van der Waals surface area (Å²) in [6, 6.07) is 0. The lowest BCUT2D eigenvalue weighted by molar-refractivity contribution is -0.138. The minimum Gasteiger partial charge on any atom is -0.377 e. The van der Waals surface area contributed by atoms with E-state index in [4.69, 9.17) is 28.4 Å². The second-order valence-electron chi connectivity index (χ2n) is 9.78. The van der Waals surface area contributed by atoms with Crippen molar-refractivity contribution in [2.24, 2.45) is 47.3 Å². The third-order valence-electron chi connectivity index (χ3n) is 9.28. The summed E-state index contributed by atoms with van der Waals surface area (Å²) in [6.07, 6.45) is 1.46. The third kappa shape index (κ3) is 1.80. The van der Waals surface area contributed by atoms with Gasteiger partial charge in [0.1, 0.15) is 0 Å². The van der Waals surface area contributed by atoms with E-state index in [0.717, 1.165) is 60.6 Å². The van der Waals surface area contributed by atoms with Crippen LogP contribution in [0.25, 0.3) is 0 Å². The van der Waals surface area contributed by atoms with Gasteiger partial charge in [-0.1, -0.05) is 0 Å². The normalized spacial score (nSPS) is 61.3. The van der Waals surface area contributed by atoms with E-state index in [0.29, 0.717) is 52.9 Å². The standard InChI is InChI=1S/C21H30O6/c1-3-23-5-7-25-10-20-16-12-9-13-15-14(12)18(20)19(15)21(27-20,17(13)16)11-26-8-6-24-4-2-22-1/h12-19H,1-11H2. The van der Waals surface area contributed by atoms with Crippen molar-refractivity contribution >= 4 is 0 Å². The Hall–Kier alpha value is -0.240. The molecule has 0 aromatic heterocycles. The van der Waals surface area contributed by atoms with E-state index in [-0.39, 0.29) is 11.2 Å². The molecule has 8 rings (SSSR count). The minimum absolute atomic E-state index is 0.0131. The van der Waals surface area contributed by atoms with Crippen molar-refractivity contribution in [2.75, 3.05) is 66.1 Å². The summed E-state index contributed by atoms with van der Waals surface area (Å²) in [5.41, 5.74) is -0.0261. The quantitative estimate of drug-likeness (QED) is 0.626. The molecule has 6 heteroatoms. The fraction of sp³-hybridized carbons (Fsp3) is 1.00. The molecule has 0 amide bonds. The van der Waals surface area contributed by atoms with Crippen LogP contribution in [0.3, 0.4) is 0 Å². The summed E-state index contributed by atoms with van der Waals surface area (Å²) in [5, 5.41) is 0. The Labute approximate surface area is 160 Å². The van der Waals surface area contributed by atoms with Gasteiger partial charge in [0.05, 0.1) is 77.3 Å². The highest BCUT2D eigenvalue weighted by molar-refractivity contribution is 5.43. The lowest BCUT2D eigenvalue weighted by atomic mass is 9.55. The van der Waals surface area contributed by atoms with Gasteiger partial charge in [0.2, 0.25) is 0 Å². The molecule has 0 N–H and O–H groups in total. The summed E-state index contributed by atoms with van der Waals surface area (Å²) in [7, 11) is 0. The molecule has 5 aliphatic carbocycles. The SMILES string of the molecule is C1COCCOCC23OC4(COCCOCCO1)C1C5CC(C6C5C4C62)C13. The van der Waals surface area contributed by atoms with Crippen molar-refractivity contribution < 1.29 is 28.4 Å². The van der Waals surface area contributed by atoms with Crippen LogP contribution in [-0.2, 0) is 28.4 Å². The Morgan fingerprint density at radius 1 is 0.481 bits per heavy atom. The molecule has 6 nitrogen and oxygen atoms in total. The van der Waals surface area contributed by atoms with Gasteiger partial charge >= 0.3 is 0 Å². The Bertz CT molecular complexity index is 574. The van der Waals surface area contributed by atoms with E-state index >= 15 is 0 Å². The molecule has 10 atom stereocenters. The predicted molar refractivity (Wildman–Crippen MR) is 93.2 cm³/mol. The van der Waals surface area contributed by atoms with Gasteiger partial charge in [-0.25, -0.2) is 0 Å². The number of ether oxygens (including phenoxy) is 6. The molecule has 3 aliphatic heterocycles. The summed E-state index contributed by atoms with van der Waals surface area (Å²) < 4.78 is 36.1. The molecule has 3 heterocycles. The van der Waals surface area contributed by atoms with E-state index < -0.39 is 0 Å². The van der Waals surface area contributed by atoms with Crippen molar-refractivity contribution in [2.45, 2.75) is 17.6 Å². The van der Waals surface area contributed by atoms with Crippen LogP contribution in [0.1, 0.15) is 6.42 Å². The summed E-state index contributed by atoms with van der Waals surface area (Å²) in [6.45, 7) is 6.50. The van der Waals surface area contributed by atoms with Crippen LogP contribution in [0, 0.1) is 47.3 Å². The lowest BCUT2D eigenvalue weighted by Gasteiger charge is -2.47. The summed E-state index contributed by atoms with van der Waals surface area (Å²) >= 11 is 0. The molecule has 3 saturated heterocycles. The van der Waals surface area contributed by atoms with Crippen LogP contribution < -0.4 is 0 Å². The van der Waals surface area contributed by atoms with Gasteiger partial charge in [-0.3, -0.25) is 0 Å². The molecular formula is C21H30O6. The average molecular weight is 378 g/mol. The predicted octanol–water partition coefficient (Wildman–Crippen LogP) is 0.979. The summed E-state index contributed by atoms with van der Waals surface area (Å²) in [5.74, 6) is 6.60. The Morgan fingerprint density at radius 3 is 1.33 bits per heavy atom. The highest BCUT2D eigenvalue weighted by Crippen LogP contribution is 2.93. The molecule has 0 aromatic rings. The van der Waals surface area contributed by atoms with Crippen molar-refractivity contribution in [3.8, 4) is 0 Å². The average Bonchev–Trinajstić information content (AvgIpc) is 3.30. The van der Waals surface area contributed by atoms with E-state index in [1.54, 1.807) is 0 Å². The molecule has 5 saturated carbocycles. The van der Waals surface area contributed by atoms with Gasteiger partial charge in [0.15, 0.2) is 0 Å². The maximum absolute atomic E-state index is 7.04. The van der Waals surface area contributed by atoms with Gasteiger partial charge in [-0.15, -0.1) is 0 Å². The van der Waals surface area contributed by atoms with E-state index in [1.165, 1.54) is 6.42 Å². The van der Waals surface area contributed by atoms with Gasteiger partial charge in [-0.05, 0) is 53.8 Å². The largest absolute Gasteiger partial charge is 0.377 e. The second-order valence-corrected chi connectivity index (χ2v) is 9.78. The van der Waals surface area contributed by atoms with Crippen molar-refractivity contribution in [1.29, 1.82) is 0 Å². The molecule has 27 heavy (non-hydrogen) atoms. The molecule has 8 aliphatic rings. The smallest absolute Gasteiger partial charge is 0.0992 e. The van der Waals surface area contributed by atoms with E-state index in [9.17, 15) is 0 Å². The Balaban J connectivity index is 1.12. The van der Waals surface area contributed by atoms with Crippen LogP contribution in [0.2, 0.25) is 0 Å². The van der Waals surface area contributed by atoms with E-state index in [1.807, 2.05) is 0 Å². The van der Waals surface area contributed by atoms with Crippen molar-refractivity contribution in [3.63, 3.8) is 0 Å². The fourth-order valence-electron chi connectivity index (χ4n) is 9.20. The molecular weight excluding hydrogens is 348 g/mol. The zero-order valence-corrected chi connectivity index (χ0v) is 15.8. The first-order valence-electron chi connectivity index (χ1n) is 11.0. The topological polar surface area (TPSA) is 55.4 Å². The van der Waals surface area contributed by atoms with Crippen LogP contribution >= 0.6 is 0 Å². The molecule has 2 spiro atoms. The van der Waals surface area contributed by atoms with Crippen LogP contribution in [-0.4, -0.2) is 77.3 Å². The van der Waals surface area contributed by atoms with Crippen molar-refractivity contribution in [1.82, 2.24) is 0 Å². The maximum atomic E-state index is 7.04. The highest BCUT2D eigenvalue weighted by Gasteiger charge is 2.96. The Kier molecular flexibility index (Phi) is 3.48. The van der Waals surface area contributed by atoms with Crippen LogP contribution in [0.4, 0.5) is 0 Å². The van der Waals surface area contributed by atoms with Crippen LogP contribution in [0.15, 0.2) is 0 Å². The number of hydrogen-bond donors (Lipinski definition) is 0. The monoisotopic (exact) mass is 378 g/mol. The lowest BCUT2D eigenvalue weighted by Crippen LogP contribution is -2.54. The highest BCUT2D eigenvalue weighted by atomic mass is 16.6. The minimum atomic E-state index is -0.0131. The van der Waals surface area contributed by atoms with Gasteiger partial charge in [0.25, 0.3) is 0 Å². The molecule has 0 radical (unpaired) electrons. The number of hydrogen-bond acceptors (Lipinski definition) is 6. The molecule has 8 fully saturated rings. The van der Waals surface area contributed by atoms with Gasteiger partial charge in [0, 0.05) is 0 Å². The zero-order valence-electron chi connectivity index (χ0n) is 15.8. The second kappa shape index (κ2) is 5.67. The molecule has 150 valence electrons. The fourth-order valence-corrected chi connectivity index (χ4v) is 9.20. The number of rotatable bonds is 0. The first kappa shape index (κ1) is 16.5. The third-order valence-corrected chi connectivity index (χ3v) is 9.28. The van der Waals surface area contributed by atoms with Gasteiger partial charge < -0.3 is 28.4 Å². The van der Waals surface area contributed by atoms with Crippen LogP contribution in [0.5, 0.6) is 0 Å². The summed E-state index contributed by atoms with van der Waals surface area (Å²) in [4.78, 5) is 0. The molecule has 4 bridgehead atoms. The maximum Gasteiger partial charge on any atom is 0.0992 e. The van der Waals surface area contributed by atoms with E-state index in [2.05, 4.69) is 0 Å². The van der Waals surface area contributed by atoms with Gasteiger partial charge in [-0.2, -0.15) is 0 Å². The zero-order chi connectivity index (χ0) is 17.6.